The zero-order valence-electron chi connectivity index (χ0n) is 44.8. The molecule has 10 heterocycles. The van der Waals surface area contributed by atoms with E-state index in [0.29, 0.717) is 39.9 Å². The number of aryl methyl sites for hydroxylation is 4. The van der Waals surface area contributed by atoms with Crippen molar-refractivity contribution in [3.05, 3.63) is 218 Å². The first kappa shape index (κ1) is 54.9. The van der Waals surface area contributed by atoms with Crippen molar-refractivity contribution in [1.82, 2.24) is 53.5 Å². The van der Waals surface area contributed by atoms with Crippen molar-refractivity contribution in [3.63, 3.8) is 0 Å². The van der Waals surface area contributed by atoms with Gasteiger partial charge in [-0.15, -0.1) is 0 Å². The van der Waals surface area contributed by atoms with E-state index in [-0.39, 0.29) is 50.1 Å². The Morgan fingerprint density at radius 3 is 1.17 bits per heavy atom. The van der Waals surface area contributed by atoms with Crippen molar-refractivity contribution >= 4 is 106 Å². The van der Waals surface area contributed by atoms with Crippen LogP contribution in [0.4, 0.5) is 17.1 Å². The van der Waals surface area contributed by atoms with Gasteiger partial charge in [-0.2, -0.15) is 0 Å². The van der Waals surface area contributed by atoms with Crippen LogP contribution < -0.4 is 26.0 Å². The summed E-state index contributed by atoms with van der Waals surface area (Å²) in [6, 6.07) is 42.0. The van der Waals surface area contributed by atoms with Crippen LogP contribution in [0.3, 0.4) is 0 Å². The molecule has 10 aromatic heterocycles. The summed E-state index contributed by atoms with van der Waals surface area (Å²) in [6.07, 6.45) is 17.3. The minimum atomic E-state index is -0.434. The van der Waals surface area contributed by atoms with E-state index in [1.54, 1.807) is 145 Å². The molecule has 19 nitrogen and oxygen atoms in total. The second-order valence-electron chi connectivity index (χ2n) is 18.9. The Morgan fingerprint density at radius 1 is 0.402 bits per heavy atom. The summed E-state index contributed by atoms with van der Waals surface area (Å²) < 4.78 is 12.5. The van der Waals surface area contributed by atoms with Gasteiger partial charge in [0.05, 0.1) is 51.2 Å². The molecule has 0 saturated heterocycles. The molecule has 0 bridgehead atoms. The quantitative estimate of drug-likeness (QED) is 0.0542. The number of pyridine rings is 6. The van der Waals surface area contributed by atoms with Gasteiger partial charge in [-0.1, -0.05) is 60.7 Å². The number of rotatable bonds is 11. The first-order chi connectivity index (χ1) is 39.4. The van der Waals surface area contributed by atoms with E-state index < -0.39 is 11.8 Å². The predicted octanol–water partition coefficient (Wildman–Crippen LogP) is 10.3. The van der Waals surface area contributed by atoms with Crippen LogP contribution in [0.25, 0.3) is 65.4 Å². The molecule has 13 rings (SSSR count). The number of nitrogens with one attached hydrogen (secondary N) is 4. The molecule has 0 radical (unpaired) electrons. The second-order valence-corrected chi connectivity index (χ2v) is 18.9. The Balaban J connectivity index is 0.000000207. The molecule has 13 aromatic rings. The molecule has 0 unspecified atom stereocenters. The molecular weight excluding hydrogens is 1120 g/mol. The van der Waals surface area contributed by atoms with Crippen LogP contribution in [0.15, 0.2) is 195 Å². The van der Waals surface area contributed by atoms with Gasteiger partial charge in [0.1, 0.15) is 40.6 Å². The summed E-state index contributed by atoms with van der Waals surface area (Å²) in [6.45, 7) is 0.465. The van der Waals surface area contributed by atoms with E-state index in [2.05, 4.69) is 99.7 Å². The number of carbonyl (C=O) groups excluding carboxylic acids is 4. The van der Waals surface area contributed by atoms with Crippen LogP contribution in [0, 0.1) is 0 Å². The Bertz CT molecular complexity index is 4310. The molecule has 0 spiro atoms. The van der Waals surface area contributed by atoms with Gasteiger partial charge in [0.25, 0.3) is 23.6 Å². The fourth-order valence-electron chi connectivity index (χ4n) is 9.49. The fourth-order valence-corrected chi connectivity index (χ4v) is 9.49. The first-order valence-electron chi connectivity index (χ1n) is 25.7. The number of nitrogens with zero attached hydrogens (tertiary/aromatic N) is 10. The van der Waals surface area contributed by atoms with Crippen molar-refractivity contribution in [3.8, 4) is 5.75 Å². The average Bonchev–Trinajstić information content (AvgIpc) is 4.32. The van der Waals surface area contributed by atoms with Crippen molar-refractivity contribution in [2.75, 3.05) is 29.1 Å². The van der Waals surface area contributed by atoms with Crippen molar-refractivity contribution in [2.24, 2.45) is 28.2 Å². The number of benzene rings is 3. The van der Waals surface area contributed by atoms with Gasteiger partial charge in [0, 0.05) is 142 Å². The van der Waals surface area contributed by atoms with Gasteiger partial charge < -0.3 is 44.3 Å². The zero-order valence-corrected chi connectivity index (χ0v) is 46.5. The summed E-state index contributed by atoms with van der Waals surface area (Å²) in [5.41, 5.74) is 8.14. The molecule has 0 aliphatic carbocycles. The Morgan fingerprint density at radius 2 is 0.768 bits per heavy atom. The summed E-state index contributed by atoms with van der Waals surface area (Å²) in [5.74, 6) is -0.848. The molecule has 82 heavy (non-hydrogen) atoms. The van der Waals surface area contributed by atoms with E-state index in [1.807, 2.05) is 48.5 Å². The normalized spacial score (nSPS) is 10.9. The first-order valence-corrected chi connectivity index (χ1v) is 25.7. The minimum absolute atomic E-state index is 0. The number of fused-ring (bicyclic) bond motifs is 9. The summed E-state index contributed by atoms with van der Waals surface area (Å²) in [7, 11) is 6.86. The van der Waals surface area contributed by atoms with E-state index in [1.165, 1.54) is 0 Å². The molecule has 4 amide bonds. The third-order valence-corrected chi connectivity index (χ3v) is 13.4. The molecule has 3 aromatic carbocycles. The molecule has 20 heteroatoms. The Hall–Kier alpha value is -10.5. The van der Waals surface area contributed by atoms with Crippen LogP contribution in [-0.4, -0.2) is 85.0 Å². The van der Waals surface area contributed by atoms with Crippen LogP contribution in [0.1, 0.15) is 42.0 Å². The maximum Gasteiger partial charge on any atom is 0.272 e. The molecule has 408 valence electrons. The van der Waals surface area contributed by atoms with Gasteiger partial charge in [-0.3, -0.25) is 49.1 Å². The molecule has 0 saturated carbocycles. The smallest absolute Gasteiger partial charge is 0.272 e. The predicted molar refractivity (Wildman–Crippen MR) is 314 cm³/mol. The fraction of sp³-hybridized carbons (Fsp3) is 0.0968. The van der Waals surface area contributed by atoms with Gasteiger partial charge in [-0.25, -0.2) is 0 Å². The maximum absolute atomic E-state index is 13.3. The van der Waals surface area contributed by atoms with E-state index in [0.717, 1.165) is 65.4 Å². The number of amides is 4. The number of carbonyl (C=O) groups is 4. The topological polar surface area (TPSA) is 223 Å². The second kappa shape index (κ2) is 24.3. The molecule has 0 fully saturated rings. The van der Waals surface area contributed by atoms with E-state index >= 15 is 0 Å². The van der Waals surface area contributed by atoms with Gasteiger partial charge in [-0.05, 0) is 72.8 Å². The van der Waals surface area contributed by atoms with Crippen molar-refractivity contribution in [2.45, 2.75) is 0 Å². The van der Waals surface area contributed by atoms with E-state index in [9.17, 15) is 19.2 Å². The average molecular weight is 1170 g/mol. The monoisotopic (exact) mass is 1170 g/mol. The maximum atomic E-state index is 13.3. The van der Waals surface area contributed by atoms with Crippen LogP contribution in [0.2, 0.25) is 0 Å². The van der Waals surface area contributed by atoms with Crippen LogP contribution in [0.5, 0.6) is 5.75 Å². The molecule has 4 N–H and O–H groups in total. The molecule has 0 aliphatic rings. The molecule has 0 aliphatic heterocycles. The minimum Gasteiger partial charge on any atom is -0.491 e. The Labute approximate surface area is 481 Å². The third-order valence-electron chi connectivity index (χ3n) is 13.4. The number of anilines is 3. The van der Waals surface area contributed by atoms with Gasteiger partial charge in [0.2, 0.25) is 0 Å². The van der Waals surface area contributed by atoms with Crippen molar-refractivity contribution < 1.29 is 43.4 Å². The number of hydrogen-bond acceptors (Lipinski definition) is 11. The van der Waals surface area contributed by atoms with Crippen LogP contribution >= 0.6 is 0 Å². The number of ether oxygens (including phenoxy) is 1. The Kier molecular flexibility index (Phi) is 16.2. The molecular formula is C62H52N14O5Ru. The van der Waals surface area contributed by atoms with E-state index in [4.69, 9.17) is 4.74 Å². The zero-order chi connectivity index (χ0) is 56.0. The van der Waals surface area contributed by atoms with Crippen molar-refractivity contribution in [1.29, 1.82) is 0 Å². The standard InChI is InChI=1S/C38H36N10O5.2C12H8N2.Ru/c1-45-15-6-8-28(45)36(50)42-25-18-30(47(3)21-25)38(52)44-26-19-31(48(4)22-26)37(51)43-24-17-29(46(2)20-24)35(49)41-14-16-53-32-11-13-40-34-27(32)10-9-23-7-5-12-39-33(23)34;2*1-3-9-5-6-10-4-2-8-14-12(10)11(9)13-7-1;/h5-13,15,17-22H,14,16H2,1-4H3,(H,41,49)(H,42,50)(H,43,51)(H,44,52);2*1-8H;. The number of hydrogen-bond donors (Lipinski definition) is 4. The third kappa shape index (κ3) is 11.8. The summed E-state index contributed by atoms with van der Waals surface area (Å²) in [4.78, 5) is 78.4. The van der Waals surface area contributed by atoms with Crippen LogP contribution in [-0.2, 0) is 47.7 Å². The largest absolute Gasteiger partial charge is 0.491 e. The van der Waals surface area contributed by atoms with Gasteiger partial charge >= 0.3 is 0 Å². The SMILES string of the molecule is Cn1cc(NC(=O)c2cc(NC(=O)c3cc(NC(=O)c4cccn4C)cn3C)cn2C)cc1C(=O)NCCOc1ccnc2c1ccc1cccnc12.[Ru].c1cnc2c(c1)ccc1cccnc12.c1cnc2c(c1)ccc1cccnc12. The number of aromatic nitrogens is 10. The summed E-state index contributed by atoms with van der Waals surface area (Å²) in [5, 5.41) is 17.7. The van der Waals surface area contributed by atoms with Gasteiger partial charge in [0.15, 0.2) is 0 Å². The summed E-state index contributed by atoms with van der Waals surface area (Å²) >= 11 is 0. The molecule has 0 atom stereocenters.